The van der Waals surface area contributed by atoms with Crippen LogP contribution in [0.5, 0.6) is 11.5 Å². The number of rotatable bonds is 6. The minimum atomic E-state index is -0.101. The predicted octanol–water partition coefficient (Wildman–Crippen LogP) is 5.47. The Balaban J connectivity index is 1.82. The second-order valence-corrected chi connectivity index (χ2v) is 7.86. The van der Waals surface area contributed by atoms with Crippen LogP contribution >= 0.6 is 11.3 Å². The summed E-state index contributed by atoms with van der Waals surface area (Å²) in [4.78, 5) is 20.0. The van der Waals surface area contributed by atoms with E-state index < -0.39 is 0 Å². The van der Waals surface area contributed by atoms with Gasteiger partial charge in [-0.15, -0.1) is 0 Å². The van der Waals surface area contributed by atoms with Crippen LogP contribution in [0.1, 0.15) is 21.5 Å². The Morgan fingerprint density at radius 1 is 0.933 bits per heavy atom. The van der Waals surface area contributed by atoms with E-state index in [0.29, 0.717) is 34.3 Å². The zero-order valence-electron chi connectivity index (χ0n) is 17.1. The molecule has 3 aromatic carbocycles. The van der Waals surface area contributed by atoms with Crippen molar-refractivity contribution in [2.75, 3.05) is 19.1 Å². The minimum Gasteiger partial charge on any atom is -0.495 e. The van der Waals surface area contributed by atoms with Crippen molar-refractivity contribution in [2.45, 2.75) is 13.5 Å². The van der Waals surface area contributed by atoms with Gasteiger partial charge in [0.2, 0.25) is 0 Å². The van der Waals surface area contributed by atoms with E-state index in [4.69, 9.17) is 14.5 Å². The quantitative estimate of drug-likeness (QED) is 0.417. The second-order valence-electron chi connectivity index (χ2n) is 6.89. The van der Waals surface area contributed by atoms with Gasteiger partial charge in [-0.05, 0) is 36.8 Å². The van der Waals surface area contributed by atoms with E-state index >= 15 is 0 Å². The highest BCUT2D eigenvalue weighted by Crippen LogP contribution is 2.40. The van der Waals surface area contributed by atoms with Gasteiger partial charge in [-0.1, -0.05) is 59.4 Å². The van der Waals surface area contributed by atoms with Crippen LogP contribution < -0.4 is 14.4 Å². The number of methoxy groups -OCH3 is 2. The first-order valence-electron chi connectivity index (χ1n) is 9.54. The Morgan fingerprint density at radius 2 is 1.60 bits per heavy atom. The highest BCUT2D eigenvalue weighted by molar-refractivity contribution is 7.22. The maximum absolute atomic E-state index is 13.5. The number of aryl methyl sites for hydroxylation is 1. The number of hydrogen-bond donors (Lipinski definition) is 0. The summed E-state index contributed by atoms with van der Waals surface area (Å²) in [5.41, 5.74) is 3.44. The zero-order chi connectivity index (χ0) is 21.1. The van der Waals surface area contributed by atoms with Gasteiger partial charge in [0, 0.05) is 5.56 Å². The van der Waals surface area contributed by atoms with Crippen molar-refractivity contribution in [3.63, 3.8) is 0 Å². The van der Waals surface area contributed by atoms with E-state index in [1.165, 1.54) is 11.3 Å². The van der Waals surface area contributed by atoms with Crippen LogP contribution in [-0.4, -0.2) is 25.1 Å². The number of aromatic nitrogens is 1. The number of amides is 1. The molecule has 30 heavy (non-hydrogen) atoms. The number of anilines is 1. The van der Waals surface area contributed by atoms with Crippen LogP contribution in [0.3, 0.4) is 0 Å². The summed E-state index contributed by atoms with van der Waals surface area (Å²) in [5, 5.41) is 0.599. The van der Waals surface area contributed by atoms with Crippen molar-refractivity contribution >= 4 is 32.6 Å². The number of carbonyl (C=O) groups is 1. The SMILES string of the molecule is COc1ccc(OC)c2sc(N(Cc3ccccc3)C(=O)c3ccc(C)cc3)nc12. The van der Waals surface area contributed by atoms with Crippen molar-refractivity contribution in [3.05, 3.63) is 83.4 Å². The molecular formula is C24H22N2O3S. The van der Waals surface area contributed by atoms with Gasteiger partial charge in [0.25, 0.3) is 5.91 Å². The van der Waals surface area contributed by atoms with E-state index in [0.717, 1.165) is 15.8 Å². The van der Waals surface area contributed by atoms with E-state index in [1.807, 2.05) is 73.7 Å². The molecule has 4 rings (SSSR count). The summed E-state index contributed by atoms with van der Waals surface area (Å²) in [6, 6.07) is 21.2. The van der Waals surface area contributed by atoms with Crippen molar-refractivity contribution < 1.29 is 14.3 Å². The maximum Gasteiger partial charge on any atom is 0.260 e. The normalized spacial score (nSPS) is 10.8. The first-order valence-corrected chi connectivity index (χ1v) is 10.4. The van der Waals surface area contributed by atoms with Crippen molar-refractivity contribution in [1.82, 2.24) is 4.98 Å². The number of carbonyl (C=O) groups excluding carboxylic acids is 1. The number of fused-ring (bicyclic) bond motifs is 1. The molecular weight excluding hydrogens is 396 g/mol. The standard InChI is InChI=1S/C24H22N2O3S/c1-16-9-11-18(12-10-16)23(27)26(15-17-7-5-4-6-8-17)24-25-21-19(28-2)13-14-20(29-3)22(21)30-24/h4-14H,15H2,1-3H3. The molecule has 6 heteroatoms. The van der Waals surface area contributed by atoms with Crippen LogP contribution in [0.15, 0.2) is 66.7 Å². The monoisotopic (exact) mass is 418 g/mol. The molecule has 0 radical (unpaired) electrons. The zero-order valence-corrected chi connectivity index (χ0v) is 17.9. The summed E-state index contributed by atoms with van der Waals surface area (Å²) in [5.74, 6) is 1.25. The molecule has 5 nitrogen and oxygen atoms in total. The Hall–Kier alpha value is -3.38. The lowest BCUT2D eigenvalue weighted by Crippen LogP contribution is -2.30. The van der Waals surface area contributed by atoms with Crippen molar-refractivity contribution in [3.8, 4) is 11.5 Å². The molecule has 1 aromatic heterocycles. The number of thiazole rings is 1. The molecule has 0 fully saturated rings. The summed E-state index contributed by atoms with van der Waals surface area (Å²) >= 11 is 1.42. The molecule has 0 N–H and O–H groups in total. The van der Waals surface area contributed by atoms with Gasteiger partial charge in [0.1, 0.15) is 21.7 Å². The lowest BCUT2D eigenvalue weighted by Gasteiger charge is -2.20. The van der Waals surface area contributed by atoms with Gasteiger partial charge in [0.15, 0.2) is 5.13 Å². The van der Waals surface area contributed by atoms with Gasteiger partial charge in [-0.25, -0.2) is 4.98 Å². The first kappa shape index (κ1) is 19.9. The van der Waals surface area contributed by atoms with Gasteiger partial charge in [-0.3, -0.25) is 9.69 Å². The lowest BCUT2D eigenvalue weighted by molar-refractivity contribution is 0.0985. The smallest absolute Gasteiger partial charge is 0.260 e. The summed E-state index contributed by atoms with van der Waals surface area (Å²) in [6.45, 7) is 2.42. The third-order valence-corrected chi connectivity index (χ3v) is 5.95. The van der Waals surface area contributed by atoms with Crippen molar-refractivity contribution in [1.29, 1.82) is 0 Å². The molecule has 0 aliphatic heterocycles. The van der Waals surface area contributed by atoms with Gasteiger partial charge in [-0.2, -0.15) is 0 Å². The molecule has 0 aliphatic carbocycles. The largest absolute Gasteiger partial charge is 0.495 e. The van der Waals surface area contributed by atoms with Crippen LogP contribution in [0, 0.1) is 6.92 Å². The summed E-state index contributed by atoms with van der Waals surface area (Å²) in [6.07, 6.45) is 0. The highest BCUT2D eigenvalue weighted by atomic mass is 32.1. The molecule has 1 amide bonds. The number of benzene rings is 3. The molecule has 0 saturated carbocycles. The molecule has 0 aliphatic rings. The average molecular weight is 419 g/mol. The van der Waals surface area contributed by atoms with E-state index in [9.17, 15) is 4.79 Å². The van der Waals surface area contributed by atoms with Gasteiger partial charge in [0.05, 0.1) is 20.8 Å². The number of ether oxygens (including phenoxy) is 2. The molecule has 0 unspecified atom stereocenters. The van der Waals surface area contributed by atoms with Gasteiger partial charge < -0.3 is 9.47 Å². The third kappa shape index (κ3) is 3.86. The fourth-order valence-electron chi connectivity index (χ4n) is 3.23. The lowest BCUT2D eigenvalue weighted by atomic mass is 10.1. The van der Waals surface area contributed by atoms with E-state index in [-0.39, 0.29) is 5.91 Å². The molecule has 152 valence electrons. The second kappa shape index (κ2) is 8.55. The summed E-state index contributed by atoms with van der Waals surface area (Å²) < 4.78 is 11.8. The van der Waals surface area contributed by atoms with Crippen molar-refractivity contribution in [2.24, 2.45) is 0 Å². The average Bonchev–Trinajstić information content (AvgIpc) is 3.23. The fraction of sp³-hybridized carbons (Fsp3) is 0.167. The third-order valence-electron chi connectivity index (χ3n) is 4.86. The van der Waals surface area contributed by atoms with E-state index in [2.05, 4.69) is 0 Å². The molecule has 0 spiro atoms. The predicted molar refractivity (Wildman–Crippen MR) is 121 cm³/mol. The highest BCUT2D eigenvalue weighted by Gasteiger charge is 2.24. The van der Waals surface area contributed by atoms with Crippen LogP contribution in [0.4, 0.5) is 5.13 Å². The Kier molecular flexibility index (Phi) is 5.68. The maximum atomic E-state index is 13.5. The molecule has 0 bridgehead atoms. The summed E-state index contributed by atoms with van der Waals surface area (Å²) in [7, 11) is 3.24. The van der Waals surface area contributed by atoms with Crippen LogP contribution in [0.25, 0.3) is 10.2 Å². The van der Waals surface area contributed by atoms with Crippen LogP contribution in [0.2, 0.25) is 0 Å². The fourth-order valence-corrected chi connectivity index (χ4v) is 4.31. The number of hydrogen-bond acceptors (Lipinski definition) is 5. The first-order chi connectivity index (χ1) is 14.6. The van der Waals surface area contributed by atoms with E-state index in [1.54, 1.807) is 19.1 Å². The Bertz CT molecular complexity index is 1130. The molecule has 4 aromatic rings. The molecule has 0 atom stereocenters. The Morgan fingerprint density at radius 3 is 2.27 bits per heavy atom. The molecule has 0 saturated heterocycles. The molecule has 1 heterocycles. The number of nitrogens with zero attached hydrogens (tertiary/aromatic N) is 2. The van der Waals surface area contributed by atoms with Crippen LogP contribution in [-0.2, 0) is 6.54 Å². The minimum absolute atomic E-state index is 0.101. The Labute approximate surface area is 179 Å². The van der Waals surface area contributed by atoms with Gasteiger partial charge >= 0.3 is 0 Å². The topological polar surface area (TPSA) is 51.7 Å².